The fourth-order valence-corrected chi connectivity index (χ4v) is 2.31. The Hall–Kier alpha value is -3.22. The van der Waals surface area contributed by atoms with Gasteiger partial charge in [-0.1, -0.05) is 0 Å². The number of Topliss-reactive ketones (excluding diaryl/α,β-unsaturated/α-hetero) is 1. The quantitative estimate of drug-likeness (QED) is 0.576. The minimum absolute atomic E-state index is 0.0169. The van der Waals surface area contributed by atoms with Gasteiger partial charge in [-0.3, -0.25) is 9.59 Å². The zero-order valence-corrected chi connectivity index (χ0v) is 14.3. The number of carbonyl (C=O) groups excluding carboxylic acids is 2. The lowest BCUT2D eigenvalue weighted by molar-refractivity contribution is -0.123. The molecule has 0 fully saturated rings. The van der Waals surface area contributed by atoms with Gasteiger partial charge in [0, 0.05) is 11.6 Å². The molecule has 0 saturated heterocycles. The molecule has 0 radical (unpaired) electrons. The van der Waals surface area contributed by atoms with E-state index in [1.807, 2.05) is 0 Å². The third-order valence-electron chi connectivity index (χ3n) is 3.67. The summed E-state index contributed by atoms with van der Waals surface area (Å²) in [4.78, 5) is 23.0. The van der Waals surface area contributed by atoms with Crippen LogP contribution in [0.25, 0.3) is 0 Å². The Morgan fingerprint density at radius 2 is 1.73 bits per heavy atom. The van der Waals surface area contributed by atoms with Crippen molar-refractivity contribution in [3.05, 3.63) is 48.0 Å². The number of fused-ring (bicyclic) bond motifs is 1. The number of amides is 1. The molecule has 7 nitrogen and oxygen atoms in total. The maximum absolute atomic E-state index is 11.8. The summed E-state index contributed by atoms with van der Waals surface area (Å²) < 4.78 is 21.4. The number of benzene rings is 2. The van der Waals surface area contributed by atoms with E-state index < -0.39 is 0 Å². The number of hydrogen-bond donors (Lipinski definition) is 1. The van der Waals surface area contributed by atoms with Gasteiger partial charge in [-0.2, -0.15) is 0 Å². The first kappa shape index (κ1) is 17.6. The van der Waals surface area contributed by atoms with Crippen molar-refractivity contribution in [3.8, 4) is 23.0 Å². The molecular weight excluding hydrogens is 338 g/mol. The van der Waals surface area contributed by atoms with Crippen molar-refractivity contribution < 1.29 is 28.5 Å². The third-order valence-corrected chi connectivity index (χ3v) is 3.67. The maximum Gasteiger partial charge on any atom is 0.258 e. The van der Waals surface area contributed by atoms with Crippen molar-refractivity contribution in [1.29, 1.82) is 0 Å². The highest BCUT2D eigenvalue weighted by Crippen LogP contribution is 2.34. The summed E-state index contributed by atoms with van der Waals surface area (Å²) in [5, 5.41) is 2.71. The molecular formula is C19H19NO6. The van der Waals surface area contributed by atoms with Crippen LogP contribution in [0, 0.1) is 0 Å². The molecule has 2 aromatic carbocycles. The molecule has 0 saturated carbocycles. The van der Waals surface area contributed by atoms with Crippen LogP contribution in [0.1, 0.15) is 17.3 Å². The van der Waals surface area contributed by atoms with Crippen molar-refractivity contribution >= 4 is 11.7 Å². The summed E-state index contributed by atoms with van der Waals surface area (Å²) in [6.07, 6.45) is 0. The van der Waals surface area contributed by atoms with Gasteiger partial charge in [0.2, 0.25) is 6.79 Å². The van der Waals surface area contributed by atoms with Crippen molar-refractivity contribution in [2.75, 3.05) is 26.6 Å². The molecule has 0 aliphatic carbocycles. The number of rotatable bonds is 8. The van der Waals surface area contributed by atoms with Crippen LogP contribution in [-0.2, 0) is 4.79 Å². The zero-order chi connectivity index (χ0) is 18.4. The summed E-state index contributed by atoms with van der Waals surface area (Å²) >= 11 is 0. The van der Waals surface area contributed by atoms with Crippen LogP contribution in [0.2, 0.25) is 0 Å². The lowest BCUT2D eigenvalue weighted by Gasteiger charge is -2.09. The number of carbonyl (C=O) groups is 2. The average Bonchev–Trinajstić information content (AvgIpc) is 3.11. The van der Waals surface area contributed by atoms with E-state index in [-0.39, 0.29) is 25.1 Å². The molecule has 7 heteroatoms. The fourth-order valence-electron chi connectivity index (χ4n) is 2.31. The lowest BCUT2D eigenvalue weighted by atomic mass is 10.1. The van der Waals surface area contributed by atoms with Crippen LogP contribution in [0.15, 0.2) is 42.5 Å². The van der Waals surface area contributed by atoms with Gasteiger partial charge in [-0.15, -0.1) is 0 Å². The normalized spacial score (nSPS) is 11.7. The molecule has 1 amide bonds. The number of hydrogen-bond acceptors (Lipinski definition) is 6. The largest absolute Gasteiger partial charge is 0.492 e. The molecule has 1 aliphatic heterocycles. The summed E-state index contributed by atoms with van der Waals surface area (Å²) in [5.74, 6) is 2.24. The highest BCUT2D eigenvalue weighted by molar-refractivity contribution is 5.94. The predicted molar refractivity (Wildman–Crippen MR) is 93.0 cm³/mol. The monoisotopic (exact) mass is 357 g/mol. The van der Waals surface area contributed by atoms with Crippen LogP contribution in [0.3, 0.4) is 0 Å². The molecule has 0 bridgehead atoms. The smallest absolute Gasteiger partial charge is 0.258 e. The number of ketones is 1. The van der Waals surface area contributed by atoms with E-state index in [2.05, 4.69) is 5.32 Å². The van der Waals surface area contributed by atoms with E-state index in [1.165, 1.54) is 6.92 Å². The molecule has 1 N–H and O–H groups in total. The molecule has 1 aliphatic rings. The predicted octanol–water partition coefficient (Wildman–Crippen LogP) is 2.19. The van der Waals surface area contributed by atoms with E-state index in [0.29, 0.717) is 41.7 Å². The molecule has 0 spiro atoms. The Morgan fingerprint density at radius 1 is 1.00 bits per heavy atom. The van der Waals surface area contributed by atoms with E-state index >= 15 is 0 Å². The summed E-state index contributed by atoms with van der Waals surface area (Å²) in [6, 6.07) is 12.0. The molecule has 0 aromatic heterocycles. The first-order valence-corrected chi connectivity index (χ1v) is 8.15. The van der Waals surface area contributed by atoms with E-state index in [1.54, 1.807) is 42.5 Å². The standard InChI is InChI=1S/C19H19NO6/c1-13(21)14-2-4-15(5-3-14)24-11-19(22)20-8-9-23-16-6-7-17-18(10-16)26-12-25-17/h2-7,10H,8-9,11-12H2,1H3,(H,20,22). The van der Waals surface area contributed by atoms with Crippen LogP contribution in [0.5, 0.6) is 23.0 Å². The molecule has 26 heavy (non-hydrogen) atoms. The summed E-state index contributed by atoms with van der Waals surface area (Å²) in [7, 11) is 0. The van der Waals surface area contributed by atoms with Gasteiger partial charge in [0.1, 0.15) is 18.1 Å². The molecule has 1 heterocycles. The Bertz CT molecular complexity index is 787. The highest BCUT2D eigenvalue weighted by Gasteiger charge is 2.13. The van der Waals surface area contributed by atoms with Gasteiger partial charge < -0.3 is 24.3 Å². The molecule has 136 valence electrons. The van der Waals surface area contributed by atoms with Crippen molar-refractivity contribution in [2.24, 2.45) is 0 Å². The van der Waals surface area contributed by atoms with Gasteiger partial charge in [0.05, 0.1) is 6.54 Å². The Morgan fingerprint density at radius 3 is 2.50 bits per heavy atom. The molecule has 3 rings (SSSR count). The molecule has 0 unspecified atom stereocenters. The lowest BCUT2D eigenvalue weighted by Crippen LogP contribution is -2.32. The average molecular weight is 357 g/mol. The van der Waals surface area contributed by atoms with Gasteiger partial charge in [0.25, 0.3) is 5.91 Å². The first-order chi connectivity index (χ1) is 12.6. The summed E-state index contributed by atoms with van der Waals surface area (Å²) in [6.45, 7) is 2.27. The topological polar surface area (TPSA) is 83.1 Å². The van der Waals surface area contributed by atoms with Gasteiger partial charge in [-0.05, 0) is 43.3 Å². The van der Waals surface area contributed by atoms with E-state index in [0.717, 1.165) is 0 Å². The fraction of sp³-hybridized carbons (Fsp3) is 0.263. The SMILES string of the molecule is CC(=O)c1ccc(OCC(=O)NCCOc2ccc3c(c2)OCO3)cc1. The second-order valence-electron chi connectivity index (χ2n) is 5.58. The Balaban J connectivity index is 1.34. The first-order valence-electron chi connectivity index (χ1n) is 8.15. The third kappa shape index (κ3) is 4.66. The van der Waals surface area contributed by atoms with E-state index in [9.17, 15) is 9.59 Å². The van der Waals surface area contributed by atoms with Crippen molar-refractivity contribution in [1.82, 2.24) is 5.32 Å². The van der Waals surface area contributed by atoms with Crippen LogP contribution < -0.4 is 24.3 Å². The van der Waals surface area contributed by atoms with Crippen LogP contribution >= 0.6 is 0 Å². The number of nitrogens with one attached hydrogen (secondary N) is 1. The van der Waals surface area contributed by atoms with Gasteiger partial charge in [0.15, 0.2) is 23.9 Å². The van der Waals surface area contributed by atoms with Crippen LogP contribution in [-0.4, -0.2) is 38.2 Å². The number of ether oxygens (including phenoxy) is 4. The second-order valence-corrected chi connectivity index (χ2v) is 5.58. The molecule has 2 aromatic rings. The summed E-state index contributed by atoms with van der Waals surface area (Å²) in [5.41, 5.74) is 0.600. The Kier molecular flexibility index (Phi) is 5.58. The Labute approximate surface area is 150 Å². The van der Waals surface area contributed by atoms with Gasteiger partial charge >= 0.3 is 0 Å². The second kappa shape index (κ2) is 8.24. The highest BCUT2D eigenvalue weighted by atomic mass is 16.7. The van der Waals surface area contributed by atoms with Crippen molar-refractivity contribution in [2.45, 2.75) is 6.92 Å². The maximum atomic E-state index is 11.8. The van der Waals surface area contributed by atoms with E-state index in [4.69, 9.17) is 18.9 Å². The zero-order valence-electron chi connectivity index (χ0n) is 14.3. The van der Waals surface area contributed by atoms with Crippen LogP contribution in [0.4, 0.5) is 0 Å². The van der Waals surface area contributed by atoms with Gasteiger partial charge in [-0.25, -0.2) is 0 Å². The minimum Gasteiger partial charge on any atom is -0.492 e. The van der Waals surface area contributed by atoms with Crippen molar-refractivity contribution in [3.63, 3.8) is 0 Å². The minimum atomic E-state index is -0.255. The molecule has 0 atom stereocenters.